The predicted octanol–water partition coefficient (Wildman–Crippen LogP) is 16.4. The largest absolute Gasteiger partial charge is 0.391 e. The molecule has 0 rings (SSSR count). The van der Waals surface area contributed by atoms with Crippen LogP contribution in [0.5, 0.6) is 0 Å². The van der Waals surface area contributed by atoms with Gasteiger partial charge < -0.3 is 10.4 Å². The average Bonchev–Trinajstić information content (AvgIpc) is 3.18. The van der Waals surface area contributed by atoms with E-state index in [2.05, 4.69) is 31.3 Å². The number of aliphatic hydroxyl groups excluding tert-OH is 1. The van der Waals surface area contributed by atoms with Crippen molar-refractivity contribution in [3.63, 3.8) is 0 Å². The summed E-state index contributed by atoms with van der Waals surface area (Å²) in [7, 11) is 0. The number of ketones is 1. The van der Waals surface area contributed by atoms with E-state index < -0.39 is 6.10 Å². The smallest absolute Gasteiger partial charge is 0.220 e. The highest BCUT2D eigenvalue weighted by atomic mass is 16.3. The Morgan fingerprint density at radius 2 is 0.691 bits per heavy atom. The van der Waals surface area contributed by atoms with Gasteiger partial charge in [0.1, 0.15) is 5.78 Å². The third-order valence-corrected chi connectivity index (χ3v) is 11.8. The Kier molecular flexibility index (Phi) is 46.2. The number of unbranched alkanes of at least 4 members (excludes halogenated alkanes) is 35. The molecule has 1 amide bonds. The minimum absolute atomic E-state index is 0.0862. The molecule has 4 nitrogen and oxygen atoms in total. The Balaban J connectivity index is 3.32. The number of hydrogen-bond acceptors (Lipinski definition) is 3. The maximum absolute atomic E-state index is 12.3. The molecule has 0 aliphatic rings. The summed E-state index contributed by atoms with van der Waals surface area (Å²) < 4.78 is 0. The van der Waals surface area contributed by atoms with Crippen molar-refractivity contribution in [1.82, 2.24) is 5.32 Å². The number of nitrogens with one attached hydrogen (secondary N) is 1. The standard InChI is InChI=1S/C51H99NO3/c1-3-5-7-9-11-13-15-17-19-20-21-22-23-25-26-28-32-36-40-44-49(53)45-41-37-33-30-31-35-39-43-47-51(55)52-48-50(54)46-42-38-34-29-27-24-18-16-14-12-10-8-6-4-2/h17,19,50,54H,3-16,18,20-48H2,1-2H3,(H,52,55)/b19-17-/t50-/m0/s1. The van der Waals surface area contributed by atoms with Crippen LogP contribution >= 0.6 is 0 Å². The van der Waals surface area contributed by atoms with Crippen LogP contribution in [0.4, 0.5) is 0 Å². The molecule has 55 heavy (non-hydrogen) atoms. The van der Waals surface area contributed by atoms with E-state index in [4.69, 9.17) is 0 Å². The van der Waals surface area contributed by atoms with Gasteiger partial charge in [0, 0.05) is 25.8 Å². The van der Waals surface area contributed by atoms with Crippen LogP contribution in [0.25, 0.3) is 0 Å². The number of hydrogen-bond donors (Lipinski definition) is 2. The third kappa shape index (κ3) is 47.1. The molecule has 0 aromatic heterocycles. The van der Waals surface area contributed by atoms with E-state index >= 15 is 0 Å². The van der Waals surface area contributed by atoms with Gasteiger partial charge in [-0.2, -0.15) is 0 Å². The van der Waals surface area contributed by atoms with Gasteiger partial charge in [-0.25, -0.2) is 0 Å². The molecule has 0 aromatic rings. The Morgan fingerprint density at radius 1 is 0.400 bits per heavy atom. The van der Waals surface area contributed by atoms with Gasteiger partial charge in [-0.1, -0.05) is 231 Å². The second kappa shape index (κ2) is 47.2. The second-order valence-corrected chi connectivity index (χ2v) is 17.5. The van der Waals surface area contributed by atoms with E-state index in [1.165, 1.54) is 218 Å². The molecular weight excluding hydrogens is 675 g/mol. The van der Waals surface area contributed by atoms with Crippen LogP contribution in [-0.2, 0) is 9.59 Å². The first kappa shape index (κ1) is 53.8. The highest BCUT2D eigenvalue weighted by molar-refractivity contribution is 5.78. The van der Waals surface area contributed by atoms with Crippen LogP contribution in [0.15, 0.2) is 12.2 Å². The molecule has 0 spiro atoms. The SMILES string of the molecule is CCCCCCCC/C=C\CCCCCCCCCCCC(=O)CCCCCCCCCCC(=O)NC[C@@H](O)CCCCCCCCCCCCCCCC. The zero-order chi connectivity index (χ0) is 40.0. The fraction of sp³-hybridized carbons (Fsp3) is 0.922. The van der Waals surface area contributed by atoms with Crippen molar-refractivity contribution in [2.75, 3.05) is 6.54 Å². The van der Waals surface area contributed by atoms with Crippen molar-refractivity contribution < 1.29 is 14.7 Å². The highest BCUT2D eigenvalue weighted by Gasteiger charge is 2.07. The molecule has 0 unspecified atom stereocenters. The van der Waals surface area contributed by atoms with Crippen molar-refractivity contribution in [2.45, 2.75) is 296 Å². The minimum atomic E-state index is -0.409. The summed E-state index contributed by atoms with van der Waals surface area (Å²) in [6.45, 7) is 4.97. The summed E-state index contributed by atoms with van der Waals surface area (Å²) in [5.74, 6) is 0.560. The molecule has 0 aliphatic heterocycles. The number of rotatable bonds is 47. The van der Waals surface area contributed by atoms with Crippen LogP contribution in [0, 0.1) is 0 Å². The second-order valence-electron chi connectivity index (χ2n) is 17.5. The lowest BCUT2D eigenvalue weighted by atomic mass is 10.0. The number of allylic oxidation sites excluding steroid dienone is 2. The van der Waals surface area contributed by atoms with Crippen LogP contribution in [0.2, 0.25) is 0 Å². The van der Waals surface area contributed by atoms with Gasteiger partial charge in [0.05, 0.1) is 6.10 Å². The number of amides is 1. The molecule has 4 heteroatoms. The van der Waals surface area contributed by atoms with Crippen molar-refractivity contribution in [3.05, 3.63) is 12.2 Å². The molecule has 0 aromatic carbocycles. The Morgan fingerprint density at radius 3 is 1.05 bits per heavy atom. The summed E-state index contributed by atoms with van der Waals surface area (Å²) in [4.78, 5) is 24.4. The minimum Gasteiger partial charge on any atom is -0.391 e. The van der Waals surface area contributed by atoms with E-state index in [1.54, 1.807) is 0 Å². The number of carbonyl (C=O) groups is 2. The van der Waals surface area contributed by atoms with Gasteiger partial charge in [-0.05, 0) is 51.4 Å². The van der Waals surface area contributed by atoms with Gasteiger partial charge in [-0.15, -0.1) is 0 Å². The molecule has 2 N–H and O–H groups in total. The molecule has 326 valence electrons. The van der Waals surface area contributed by atoms with Crippen LogP contribution in [0.3, 0.4) is 0 Å². The van der Waals surface area contributed by atoms with Crippen molar-refractivity contribution >= 4 is 11.7 Å². The zero-order valence-electron chi connectivity index (χ0n) is 37.6. The molecule has 0 fully saturated rings. The maximum atomic E-state index is 12.3. The molecular formula is C51H99NO3. The van der Waals surface area contributed by atoms with E-state index in [1.807, 2.05) is 0 Å². The fourth-order valence-corrected chi connectivity index (χ4v) is 7.89. The Labute approximate surface area is 345 Å². The topological polar surface area (TPSA) is 66.4 Å². The van der Waals surface area contributed by atoms with Crippen molar-refractivity contribution in [2.24, 2.45) is 0 Å². The van der Waals surface area contributed by atoms with Crippen molar-refractivity contribution in [3.8, 4) is 0 Å². The first-order chi connectivity index (χ1) is 27.1. The lowest BCUT2D eigenvalue weighted by Crippen LogP contribution is -2.31. The number of carbonyl (C=O) groups excluding carboxylic acids is 2. The zero-order valence-corrected chi connectivity index (χ0v) is 37.6. The summed E-state index contributed by atoms with van der Waals surface area (Å²) in [6.07, 6.45) is 58.0. The van der Waals surface area contributed by atoms with Crippen molar-refractivity contribution in [1.29, 1.82) is 0 Å². The normalized spacial score (nSPS) is 12.2. The number of Topliss-reactive ketones (excluding diaryl/α,β-unsaturated/α-hetero) is 1. The average molecular weight is 774 g/mol. The lowest BCUT2D eigenvalue weighted by Gasteiger charge is -2.12. The third-order valence-electron chi connectivity index (χ3n) is 11.8. The summed E-state index contributed by atoms with van der Waals surface area (Å²) in [5.41, 5.74) is 0. The molecule has 0 bridgehead atoms. The molecule has 0 saturated heterocycles. The van der Waals surface area contributed by atoms with Gasteiger partial charge in [0.15, 0.2) is 0 Å². The van der Waals surface area contributed by atoms with Gasteiger partial charge in [-0.3, -0.25) is 9.59 Å². The molecule has 1 atom stereocenters. The van der Waals surface area contributed by atoms with E-state index in [9.17, 15) is 14.7 Å². The fourth-order valence-electron chi connectivity index (χ4n) is 7.89. The quantitative estimate of drug-likeness (QED) is 0.0478. The molecule has 0 saturated carbocycles. The van der Waals surface area contributed by atoms with Crippen LogP contribution in [-0.4, -0.2) is 29.4 Å². The monoisotopic (exact) mass is 774 g/mol. The van der Waals surface area contributed by atoms with Gasteiger partial charge in [0.25, 0.3) is 0 Å². The van der Waals surface area contributed by atoms with E-state index in [-0.39, 0.29) is 5.91 Å². The summed E-state index contributed by atoms with van der Waals surface area (Å²) in [5, 5.41) is 13.2. The predicted molar refractivity (Wildman–Crippen MR) is 243 cm³/mol. The summed E-state index contributed by atoms with van der Waals surface area (Å²) >= 11 is 0. The van der Waals surface area contributed by atoms with Gasteiger partial charge in [0.2, 0.25) is 5.91 Å². The molecule has 0 aliphatic carbocycles. The first-order valence-electron chi connectivity index (χ1n) is 25.2. The van der Waals surface area contributed by atoms with E-state index in [0.717, 1.165) is 51.4 Å². The van der Waals surface area contributed by atoms with Crippen LogP contribution in [0.1, 0.15) is 290 Å². The molecule has 0 radical (unpaired) electrons. The highest BCUT2D eigenvalue weighted by Crippen LogP contribution is 2.16. The molecule has 0 heterocycles. The van der Waals surface area contributed by atoms with Gasteiger partial charge >= 0.3 is 0 Å². The maximum Gasteiger partial charge on any atom is 0.220 e. The summed E-state index contributed by atoms with van der Waals surface area (Å²) in [6, 6.07) is 0. The van der Waals surface area contributed by atoms with E-state index in [0.29, 0.717) is 18.7 Å². The Hall–Kier alpha value is -1.16. The van der Waals surface area contributed by atoms with Crippen LogP contribution < -0.4 is 5.32 Å². The first-order valence-corrected chi connectivity index (χ1v) is 25.2. The number of aliphatic hydroxyl groups is 1. The lowest BCUT2D eigenvalue weighted by molar-refractivity contribution is -0.121. The Bertz CT molecular complexity index is 795.